The molecule has 0 saturated heterocycles. The summed E-state index contributed by atoms with van der Waals surface area (Å²) in [7, 11) is 0. The summed E-state index contributed by atoms with van der Waals surface area (Å²) in [6, 6.07) is 5.34. The van der Waals surface area contributed by atoms with Crippen LogP contribution < -0.4 is 5.73 Å². The Hall–Kier alpha value is -2.22. The van der Waals surface area contributed by atoms with Gasteiger partial charge in [-0.2, -0.15) is 13.5 Å². The van der Waals surface area contributed by atoms with E-state index in [0.717, 1.165) is 12.1 Å². The van der Waals surface area contributed by atoms with Crippen molar-refractivity contribution in [1.29, 1.82) is 0 Å². The molecule has 0 fully saturated rings. The summed E-state index contributed by atoms with van der Waals surface area (Å²) in [4.78, 5) is 13.6. The van der Waals surface area contributed by atoms with Gasteiger partial charge in [0.25, 0.3) is 0 Å². The molecule has 1 aromatic carbocycles. The van der Waals surface area contributed by atoms with Crippen LogP contribution in [-0.2, 0) is 0 Å². The van der Waals surface area contributed by atoms with Crippen LogP contribution in [0.2, 0.25) is 0 Å². The second-order valence-corrected chi connectivity index (χ2v) is 3.48. The summed E-state index contributed by atoms with van der Waals surface area (Å²) in [5, 5.41) is 10.5. The fraction of sp³-hybridized carbons (Fsp3) is 0. The first-order valence-corrected chi connectivity index (χ1v) is 4.85. The topological polar surface area (TPSA) is 82.0 Å². The molecule has 2 aromatic rings. The molecule has 0 saturated carbocycles. The van der Waals surface area contributed by atoms with Gasteiger partial charge in [0.1, 0.15) is 11.6 Å². The Kier molecular flexibility index (Phi) is 4.38. The Morgan fingerprint density at radius 1 is 1.21 bits per heavy atom. The molecule has 0 unspecified atom stereocenters. The van der Waals surface area contributed by atoms with E-state index in [9.17, 15) is 18.9 Å². The molecule has 5 nitrogen and oxygen atoms in total. The Labute approximate surface area is 113 Å². The first kappa shape index (κ1) is 14.8. The van der Waals surface area contributed by atoms with Crippen molar-refractivity contribution in [2.75, 3.05) is 5.73 Å². The molecule has 0 aliphatic carbocycles. The van der Waals surface area contributed by atoms with Gasteiger partial charge < -0.3 is 5.73 Å². The predicted molar refractivity (Wildman–Crippen MR) is 71.0 cm³/mol. The standard InChI is InChI=1S/C11H7F2N3O2.H2S/c12-6-1-2-7(8(13)5-6)9-3-4-10(16(17)18)11(14)15-9;/h1-5H,(H2,14,15);1H2. The number of pyridine rings is 1. The largest absolute Gasteiger partial charge is 0.378 e. The highest BCUT2D eigenvalue weighted by Gasteiger charge is 2.15. The van der Waals surface area contributed by atoms with E-state index in [0.29, 0.717) is 6.07 Å². The molecule has 0 spiro atoms. The maximum absolute atomic E-state index is 13.5. The van der Waals surface area contributed by atoms with Crippen molar-refractivity contribution in [3.63, 3.8) is 0 Å². The Balaban J connectivity index is 0.00000180. The van der Waals surface area contributed by atoms with Gasteiger partial charge in [-0.15, -0.1) is 0 Å². The Bertz CT molecular complexity index is 637. The number of nitro groups is 1. The summed E-state index contributed by atoms with van der Waals surface area (Å²) >= 11 is 0. The van der Waals surface area contributed by atoms with Crippen LogP contribution in [0.3, 0.4) is 0 Å². The van der Waals surface area contributed by atoms with E-state index >= 15 is 0 Å². The van der Waals surface area contributed by atoms with Gasteiger partial charge >= 0.3 is 5.69 Å². The number of halogens is 2. The molecule has 0 bridgehead atoms. The molecule has 2 rings (SSSR count). The fourth-order valence-electron chi connectivity index (χ4n) is 1.47. The molecule has 100 valence electrons. The van der Waals surface area contributed by atoms with Crippen LogP contribution in [0.5, 0.6) is 0 Å². The summed E-state index contributed by atoms with van der Waals surface area (Å²) in [5.41, 5.74) is 5.16. The lowest BCUT2D eigenvalue weighted by molar-refractivity contribution is -0.384. The van der Waals surface area contributed by atoms with Crippen LogP contribution in [-0.4, -0.2) is 9.91 Å². The fourth-order valence-corrected chi connectivity index (χ4v) is 1.47. The van der Waals surface area contributed by atoms with Crippen LogP contribution >= 0.6 is 13.5 Å². The van der Waals surface area contributed by atoms with Crippen molar-refractivity contribution in [2.45, 2.75) is 0 Å². The van der Waals surface area contributed by atoms with Gasteiger partial charge in [0.15, 0.2) is 0 Å². The number of nitrogens with zero attached hydrogens (tertiary/aromatic N) is 2. The van der Waals surface area contributed by atoms with Crippen molar-refractivity contribution >= 4 is 25.0 Å². The molecule has 1 aromatic heterocycles. The molecular formula is C11H9F2N3O2S. The SMILES string of the molecule is Nc1nc(-c2ccc(F)cc2F)ccc1[N+](=O)[O-].S. The highest BCUT2D eigenvalue weighted by atomic mass is 32.1. The van der Waals surface area contributed by atoms with E-state index in [1.807, 2.05) is 0 Å². The second kappa shape index (κ2) is 5.61. The van der Waals surface area contributed by atoms with E-state index in [1.165, 1.54) is 12.1 Å². The van der Waals surface area contributed by atoms with Gasteiger partial charge in [-0.25, -0.2) is 13.8 Å². The predicted octanol–water partition coefficient (Wildman–Crippen LogP) is 2.63. The van der Waals surface area contributed by atoms with Crippen molar-refractivity contribution in [3.05, 3.63) is 52.1 Å². The molecule has 19 heavy (non-hydrogen) atoms. The van der Waals surface area contributed by atoms with Crippen molar-refractivity contribution in [2.24, 2.45) is 0 Å². The number of nitrogens with two attached hydrogens (primary N) is 1. The van der Waals surface area contributed by atoms with E-state index in [-0.39, 0.29) is 36.3 Å². The highest BCUT2D eigenvalue weighted by molar-refractivity contribution is 7.59. The van der Waals surface area contributed by atoms with Gasteiger partial charge in [0.05, 0.1) is 10.6 Å². The molecule has 0 amide bonds. The highest BCUT2D eigenvalue weighted by Crippen LogP contribution is 2.26. The van der Waals surface area contributed by atoms with Crippen molar-refractivity contribution < 1.29 is 13.7 Å². The Morgan fingerprint density at radius 3 is 2.42 bits per heavy atom. The first-order chi connectivity index (χ1) is 8.49. The minimum absolute atomic E-state index is 0. The van der Waals surface area contributed by atoms with Crippen molar-refractivity contribution in [3.8, 4) is 11.3 Å². The number of benzene rings is 1. The number of aromatic nitrogens is 1. The molecule has 0 atom stereocenters. The molecule has 0 aliphatic rings. The van der Waals surface area contributed by atoms with Gasteiger partial charge in [-0.05, 0) is 18.2 Å². The average Bonchev–Trinajstić information content (AvgIpc) is 2.28. The van der Waals surface area contributed by atoms with E-state index < -0.39 is 16.6 Å². The third-order valence-electron chi connectivity index (χ3n) is 2.31. The normalized spacial score (nSPS) is 9.79. The lowest BCUT2D eigenvalue weighted by Crippen LogP contribution is -2.00. The third kappa shape index (κ3) is 2.97. The van der Waals surface area contributed by atoms with Gasteiger partial charge in [0, 0.05) is 17.7 Å². The van der Waals surface area contributed by atoms with Crippen LogP contribution in [0.15, 0.2) is 30.3 Å². The number of hydrogen-bond donors (Lipinski definition) is 1. The van der Waals surface area contributed by atoms with Crippen LogP contribution in [0.1, 0.15) is 0 Å². The van der Waals surface area contributed by atoms with Crippen LogP contribution in [0.25, 0.3) is 11.3 Å². The summed E-state index contributed by atoms with van der Waals surface area (Å²) in [5.74, 6) is -1.84. The van der Waals surface area contributed by atoms with E-state index in [1.54, 1.807) is 0 Å². The minimum atomic E-state index is -0.809. The van der Waals surface area contributed by atoms with E-state index in [4.69, 9.17) is 5.73 Å². The minimum Gasteiger partial charge on any atom is -0.378 e. The van der Waals surface area contributed by atoms with Crippen LogP contribution in [0, 0.1) is 21.7 Å². The Morgan fingerprint density at radius 2 is 1.89 bits per heavy atom. The molecular weight excluding hydrogens is 276 g/mol. The number of nitrogen functional groups attached to an aromatic ring is 1. The maximum atomic E-state index is 13.5. The number of hydrogen-bond acceptors (Lipinski definition) is 4. The average molecular weight is 285 g/mol. The third-order valence-corrected chi connectivity index (χ3v) is 2.31. The zero-order valence-electron chi connectivity index (χ0n) is 9.43. The monoisotopic (exact) mass is 285 g/mol. The zero-order chi connectivity index (χ0) is 13.3. The quantitative estimate of drug-likeness (QED) is 0.679. The van der Waals surface area contributed by atoms with Gasteiger partial charge in [-0.1, -0.05) is 0 Å². The summed E-state index contributed by atoms with van der Waals surface area (Å²) in [6.07, 6.45) is 0. The molecule has 1 heterocycles. The number of rotatable bonds is 2. The maximum Gasteiger partial charge on any atom is 0.311 e. The summed E-state index contributed by atoms with van der Waals surface area (Å²) in [6.45, 7) is 0. The summed E-state index contributed by atoms with van der Waals surface area (Å²) < 4.78 is 26.2. The van der Waals surface area contributed by atoms with Crippen LogP contribution in [0.4, 0.5) is 20.3 Å². The van der Waals surface area contributed by atoms with E-state index in [2.05, 4.69) is 4.98 Å². The first-order valence-electron chi connectivity index (χ1n) is 4.85. The zero-order valence-corrected chi connectivity index (χ0v) is 10.4. The van der Waals surface area contributed by atoms with Gasteiger partial charge in [0.2, 0.25) is 5.82 Å². The lowest BCUT2D eigenvalue weighted by atomic mass is 10.1. The molecule has 0 radical (unpaired) electrons. The molecule has 8 heteroatoms. The smallest absolute Gasteiger partial charge is 0.311 e. The second-order valence-electron chi connectivity index (χ2n) is 3.48. The van der Waals surface area contributed by atoms with Gasteiger partial charge in [-0.3, -0.25) is 10.1 Å². The molecule has 2 N–H and O–H groups in total. The lowest BCUT2D eigenvalue weighted by Gasteiger charge is -2.04. The molecule has 0 aliphatic heterocycles. The van der Waals surface area contributed by atoms with Crippen molar-refractivity contribution in [1.82, 2.24) is 4.98 Å². The number of anilines is 1.